The lowest BCUT2D eigenvalue weighted by atomic mass is 9.47. The molecule has 0 bridgehead atoms. The van der Waals surface area contributed by atoms with E-state index >= 15 is 0 Å². The Labute approximate surface area is 155 Å². The molecule has 3 fully saturated rings. The highest BCUT2D eigenvalue weighted by Crippen LogP contribution is 2.64. The molecule has 0 spiro atoms. The molecule has 0 aliphatic heterocycles. The van der Waals surface area contributed by atoms with E-state index in [9.17, 15) is 18.3 Å². The van der Waals surface area contributed by atoms with E-state index < -0.39 is 21.9 Å². The molecule has 4 rings (SSSR count). The lowest BCUT2D eigenvalue weighted by Crippen LogP contribution is -2.53. The number of rotatable bonds is 3. The van der Waals surface area contributed by atoms with E-state index in [1.165, 1.54) is 0 Å². The van der Waals surface area contributed by atoms with Crippen molar-refractivity contribution in [2.45, 2.75) is 64.4 Å². The molecule has 7 heteroatoms. The summed E-state index contributed by atoms with van der Waals surface area (Å²) in [5.74, 6) is 1.28. The van der Waals surface area contributed by atoms with Crippen molar-refractivity contribution in [2.24, 2.45) is 28.6 Å². The monoisotopic (exact) mass is 384 g/mol. The van der Waals surface area contributed by atoms with Crippen molar-refractivity contribution in [3.63, 3.8) is 0 Å². The minimum absolute atomic E-state index is 0.0665. The van der Waals surface area contributed by atoms with Gasteiger partial charge in [-0.1, -0.05) is 18.6 Å². The number of aliphatic hydroxyl groups excluding tert-OH is 1. The average molecular weight is 384 g/mol. The highest BCUT2D eigenvalue weighted by molar-refractivity contribution is 7.80. The standard InChI is InChI=1S/C19H28O6S/c1-18-8-7-16-14(15(18)4-5-17(18)21)3-2-12-10-13(20)6-9-19(12,16)11-25-26(22,23)24/h2,13-16,20H,3-11H2,1H3,(H,22,23,24)/t13-,14+,15+,16+,18-,19+/m0/s1. The molecule has 146 valence electrons. The Kier molecular flexibility index (Phi) is 4.38. The predicted molar refractivity (Wildman–Crippen MR) is 94.5 cm³/mol. The predicted octanol–water partition coefficient (Wildman–Crippen LogP) is 2.68. The number of hydrogen-bond acceptors (Lipinski definition) is 5. The number of Topliss-reactive ketones (excluding diaryl/α,β-unsaturated/α-hetero) is 1. The van der Waals surface area contributed by atoms with Gasteiger partial charge < -0.3 is 5.11 Å². The first-order valence-electron chi connectivity index (χ1n) is 9.68. The van der Waals surface area contributed by atoms with E-state index in [4.69, 9.17) is 8.74 Å². The third kappa shape index (κ3) is 2.79. The molecular weight excluding hydrogens is 356 g/mol. The number of fused-ring (bicyclic) bond motifs is 5. The third-order valence-electron chi connectivity index (χ3n) is 7.98. The van der Waals surface area contributed by atoms with Crippen LogP contribution in [-0.2, 0) is 19.4 Å². The second-order valence-electron chi connectivity index (χ2n) is 9.00. The Bertz CT molecular complexity index is 743. The first kappa shape index (κ1) is 18.6. The van der Waals surface area contributed by atoms with E-state index in [2.05, 4.69) is 13.0 Å². The second-order valence-corrected chi connectivity index (χ2v) is 10.1. The van der Waals surface area contributed by atoms with Crippen LogP contribution in [0.25, 0.3) is 0 Å². The minimum Gasteiger partial charge on any atom is -0.393 e. The van der Waals surface area contributed by atoms with Crippen LogP contribution in [0.3, 0.4) is 0 Å². The Balaban J connectivity index is 1.71. The van der Waals surface area contributed by atoms with Gasteiger partial charge in [-0.25, -0.2) is 4.18 Å². The number of carbonyl (C=O) groups excluding carboxylic acids is 1. The van der Waals surface area contributed by atoms with Crippen molar-refractivity contribution in [3.8, 4) is 0 Å². The maximum absolute atomic E-state index is 12.5. The molecule has 0 amide bonds. The quantitative estimate of drug-likeness (QED) is 0.573. The first-order chi connectivity index (χ1) is 12.2. The first-order valence-corrected chi connectivity index (χ1v) is 11.0. The number of aliphatic hydroxyl groups is 1. The molecule has 26 heavy (non-hydrogen) atoms. The van der Waals surface area contributed by atoms with Crippen LogP contribution in [0.1, 0.15) is 58.3 Å². The fourth-order valence-electron chi connectivity index (χ4n) is 6.66. The lowest BCUT2D eigenvalue weighted by molar-refractivity contribution is -0.132. The van der Waals surface area contributed by atoms with Gasteiger partial charge >= 0.3 is 10.4 Å². The Morgan fingerprint density at radius 2 is 2.00 bits per heavy atom. The Morgan fingerprint density at radius 1 is 1.23 bits per heavy atom. The van der Waals surface area contributed by atoms with Gasteiger partial charge in [0.15, 0.2) is 0 Å². The molecule has 0 saturated heterocycles. The van der Waals surface area contributed by atoms with Crippen molar-refractivity contribution in [2.75, 3.05) is 6.61 Å². The normalized spacial score (nSPS) is 45.5. The molecule has 4 aliphatic carbocycles. The zero-order valence-corrected chi connectivity index (χ0v) is 16.0. The zero-order valence-electron chi connectivity index (χ0n) is 15.2. The van der Waals surface area contributed by atoms with Crippen molar-refractivity contribution >= 4 is 16.2 Å². The maximum atomic E-state index is 12.5. The second kappa shape index (κ2) is 6.12. The number of allylic oxidation sites excluding steroid dienone is 1. The molecule has 6 atom stereocenters. The number of carbonyl (C=O) groups is 1. The van der Waals surface area contributed by atoms with E-state index in [0.717, 1.165) is 31.3 Å². The largest absolute Gasteiger partial charge is 0.397 e. The summed E-state index contributed by atoms with van der Waals surface area (Å²) in [6, 6.07) is 0. The molecule has 0 unspecified atom stereocenters. The fourth-order valence-corrected chi connectivity index (χ4v) is 7.02. The van der Waals surface area contributed by atoms with Crippen molar-refractivity contribution in [1.82, 2.24) is 0 Å². The zero-order chi connectivity index (χ0) is 18.7. The van der Waals surface area contributed by atoms with Gasteiger partial charge in [0.2, 0.25) is 0 Å². The number of ketones is 1. The topological polar surface area (TPSA) is 101 Å². The van der Waals surface area contributed by atoms with Gasteiger partial charge in [0.05, 0.1) is 12.7 Å². The van der Waals surface area contributed by atoms with Crippen molar-refractivity contribution in [1.29, 1.82) is 0 Å². The van der Waals surface area contributed by atoms with Crippen LogP contribution < -0.4 is 0 Å². The molecule has 0 aromatic carbocycles. The van der Waals surface area contributed by atoms with E-state index in [0.29, 0.717) is 43.3 Å². The summed E-state index contributed by atoms with van der Waals surface area (Å²) >= 11 is 0. The highest BCUT2D eigenvalue weighted by Gasteiger charge is 2.60. The highest BCUT2D eigenvalue weighted by atomic mass is 32.3. The molecule has 0 aromatic heterocycles. The summed E-state index contributed by atoms with van der Waals surface area (Å²) in [7, 11) is -4.51. The van der Waals surface area contributed by atoms with Crippen LogP contribution in [-0.4, -0.2) is 36.6 Å². The van der Waals surface area contributed by atoms with Gasteiger partial charge in [-0.05, 0) is 62.7 Å². The molecular formula is C19H28O6S. The third-order valence-corrected chi connectivity index (χ3v) is 8.39. The van der Waals surface area contributed by atoms with Crippen LogP contribution in [0.2, 0.25) is 0 Å². The molecule has 6 nitrogen and oxygen atoms in total. The fraction of sp³-hybridized carbons (Fsp3) is 0.842. The van der Waals surface area contributed by atoms with Crippen LogP contribution in [0, 0.1) is 28.6 Å². The SMILES string of the molecule is C[C@]12CC[C@@H]3[C@H](CC=C4C[C@@H](O)CC[C@@]43COS(=O)(=O)O)[C@H]1CCC2=O. The lowest BCUT2D eigenvalue weighted by Gasteiger charge is -2.57. The summed E-state index contributed by atoms with van der Waals surface area (Å²) in [6.07, 6.45) is 7.71. The summed E-state index contributed by atoms with van der Waals surface area (Å²) in [4.78, 5) is 12.5. The van der Waals surface area contributed by atoms with Gasteiger partial charge in [0, 0.05) is 17.3 Å². The molecule has 3 saturated carbocycles. The summed E-state index contributed by atoms with van der Waals surface area (Å²) in [6.45, 7) is 2.04. The van der Waals surface area contributed by atoms with Crippen LogP contribution >= 0.6 is 0 Å². The van der Waals surface area contributed by atoms with E-state index in [1.54, 1.807) is 0 Å². The van der Waals surface area contributed by atoms with Gasteiger partial charge in [-0.2, -0.15) is 8.42 Å². The smallest absolute Gasteiger partial charge is 0.393 e. The van der Waals surface area contributed by atoms with Gasteiger partial charge in [-0.3, -0.25) is 9.35 Å². The van der Waals surface area contributed by atoms with E-state index in [1.807, 2.05) is 0 Å². The minimum atomic E-state index is -4.51. The maximum Gasteiger partial charge on any atom is 0.397 e. The Morgan fingerprint density at radius 3 is 2.73 bits per heavy atom. The number of hydrogen-bond donors (Lipinski definition) is 2. The molecule has 0 radical (unpaired) electrons. The van der Waals surface area contributed by atoms with Gasteiger partial charge in [-0.15, -0.1) is 0 Å². The Hall–Kier alpha value is -0.760. The molecule has 2 N–H and O–H groups in total. The molecule has 0 aromatic rings. The average Bonchev–Trinajstić information content (AvgIpc) is 2.88. The van der Waals surface area contributed by atoms with Crippen LogP contribution in [0.4, 0.5) is 0 Å². The summed E-state index contributed by atoms with van der Waals surface area (Å²) < 4.78 is 36.6. The molecule has 4 aliphatic rings. The van der Waals surface area contributed by atoms with Crippen LogP contribution in [0.15, 0.2) is 11.6 Å². The van der Waals surface area contributed by atoms with Gasteiger partial charge in [0.1, 0.15) is 5.78 Å². The van der Waals surface area contributed by atoms with Crippen LogP contribution in [0.5, 0.6) is 0 Å². The van der Waals surface area contributed by atoms with Crippen molar-refractivity contribution < 1.29 is 27.1 Å². The summed E-state index contributed by atoms with van der Waals surface area (Å²) in [5, 5.41) is 10.1. The summed E-state index contributed by atoms with van der Waals surface area (Å²) in [5.41, 5.74) is 0.380. The van der Waals surface area contributed by atoms with E-state index in [-0.39, 0.29) is 17.9 Å². The molecule has 0 heterocycles. The van der Waals surface area contributed by atoms with Crippen molar-refractivity contribution in [3.05, 3.63) is 11.6 Å². The van der Waals surface area contributed by atoms with Gasteiger partial charge in [0.25, 0.3) is 0 Å².